The second-order valence-corrected chi connectivity index (χ2v) is 5.83. The summed E-state index contributed by atoms with van der Waals surface area (Å²) in [5, 5.41) is 3.60. The number of aromatic amines is 1. The van der Waals surface area contributed by atoms with Gasteiger partial charge < -0.3 is 10.3 Å². The number of hydrogen-bond acceptors (Lipinski definition) is 4. The maximum absolute atomic E-state index is 12.9. The lowest BCUT2D eigenvalue weighted by atomic mass is 9.89. The number of halogens is 3. The summed E-state index contributed by atoms with van der Waals surface area (Å²) in [6.07, 6.45) is 3.24. The Hall–Kier alpha value is -2.64. The number of anilines is 1. The summed E-state index contributed by atoms with van der Waals surface area (Å²) >= 11 is 0. The SMILES string of the molecule is FC(F)(F)c1cc2c(NC3CCCc4ccncc43)ncnc2[nH]1. The minimum absolute atomic E-state index is 0.0233. The Balaban J connectivity index is 1.72. The first-order chi connectivity index (χ1) is 11.5. The van der Waals surface area contributed by atoms with E-state index in [0.717, 1.165) is 30.9 Å². The van der Waals surface area contributed by atoms with Crippen molar-refractivity contribution in [3.05, 3.63) is 47.7 Å². The highest BCUT2D eigenvalue weighted by Crippen LogP contribution is 2.35. The molecule has 0 saturated carbocycles. The fourth-order valence-electron chi connectivity index (χ4n) is 3.15. The molecule has 1 aliphatic rings. The van der Waals surface area contributed by atoms with Crippen molar-refractivity contribution >= 4 is 16.9 Å². The molecule has 3 aromatic heterocycles. The zero-order valence-electron chi connectivity index (χ0n) is 12.6. The highest BCUT2D eigenvalue weighted by atomic mass is 19.4. The number of H-pyrrole nitrogens is 1. The van der Waals surface area contributed by atoms with Crippen LogP contribution >= 0.6 is 0 Å². The van der Waals surface area contributed by atoms with Crippen molar-refractivity contribution in [2.75, 3.05) is 5.32 Å². The molecule has 0 bridgehead atoms. The van der Waals surface area contributed by atoms with Crippen LogP contribution in [0.25, 0.3) is 11.0 Å². The molecule has 124 valence electrons. The number of nitrogens with one attached hydrogen (secondary N) is 2. The second kappa shape index (κ2) is 5.47. The highest BCUT2D eigenvalue weighted by molar-refractivity contribution is 5.87. The van der Waals surface area contributed by atoms with E-state index < -0.39 is 11.9 Å². The third-order valence-electron chi connectivity index (χ3n) is 4.30. The van der Waals surface area contributed by atoms with E-state index in [1.54, 1.807) is 6.20 Å². The quantitative estimate of drug-likeness (QED) is 0.747. The molecule has 3 heterocycles. The van der Waals surface area contributed by atoms with Gasteiger partial charge in [-0.3, -0.25) is 4.98 Å². The molecule has 0 amide bonds. The van der Waals surface area contributed by atoms with Gasteiger partial charge in [0.15, 0.2) is 0 Å². The molecular formula is C16H14F3N5. The van der Waals surface area contributed by atoms with Gasteiger partial charge in [0.2, 0.25) is 0 Å². The van der Waals surface area contributed by atoms with Crippen LogP contribution in [0.1, 0.15) is 35.7 Å². The molecule has 1 unspecified atom stereocenters. The van der Waals surface area contributed by atoms with Gasteiger partial charge in [0, 0.05) is 12.4 Å². The summed E-state index contributed by atoms with van der Waals surface area (Å²) in [6.45, 7) is 0. The Kier molecular flexibility index (Phi) is 3.40. The number of fused-ring (bicyclic) bond motifs is 2. The normalized spacial score (nSPS) is 17.7. The van der Waals surface area contributed by atoms with Crippen molar-refractivity contribution < 1.29 is 13.2 Å². The van der Waals surface area contributed by atoms with Crippen LogP contribution < -0.4 is 5.32 Å². The molecule has 0 aromatic carbocycles. The predicted octanol–water partition coefficient (Wildman–Crippen LogP) is 3.86. The van der Waals surface area contributed by atoms with Gasteiger partial charge in [-0.05, 0) is 42.5 Å². The summed E-state index contributed by atoms with van der Waals surface area (Å²) < 4.78 is 38.7. The van der Waals surface area contributed by atoms with Crippen molar-refractivity contribution in [3.8, 4) is 0 Å². The largest absolute Gasteiger partial charge is 0.431 e. The monoisotopic (exact) mass is 333 g/mol. The molecule has 0 spiro atoms. The molecule has 4 rings (SSSR count). The molecule has 24 heavy (non-hydrogen) atoms. The fourth-order valence-corrected chi connectivity index (χ4v) is 3.15. The van der Waals surface area contributed by atoms with Crippen LogP contribution in [-0.4, -0.2) is 19.9 Å². The maximum Gasteiger partial charge on any atom is 0.431 e. The zero-order chi connectivity index (χ0) is 16.7. The van der Waals surface area contributed by atoms with Crippen molar-refractivity contribution in [1.29, 1.82) is 0 Å². The minimum Gasteiger partial charge on any atom is -0.363 e. The Labute approximate surface area is 135 Å². The third-order valence-corrected chi connectivity index (χ3v) is 4.30. The van der Waals surface area contributed by atoms with Gasteiger partial charge in [0.25, 0.3) is 0 Å². The molecule has 1 atom stereocenters. The predicted molar refractivity (Wildman–Crippen MR) is 82.4 cm³/mol. The summed E-state index contributed by atoms with van der Waals surface area (Å²) in [6, 6.07) is 3.01. The lowest BCUT2D eigenvalue weighted by Crippen LogP contribution is -2.18. The van der Waals surface area contributed by atoms with Crippen LogP contribution in [-0.2, 0) is 12.6 Å². The Bertz CT molecular complexity index is 887. The summed E-state index contributed by atoms with van der Waals surface area (Å²) in [7, 11) is 0. The zero-order valence-corrected chi connectivity index (χ0v) is 12.6. The second-order valence-electron chi connectivity index (χ2n) is 5.83. The first-order valence-corrected chi connectivity index (χ1v) is 7.62. The van der Waals surface area contributed by atoms with Crippen LogP contribution in [0.2, 0.25) is 0 Å². The number of nitrogens with zero attached hydrogens (tertiary/aromatic N) is 3. The molecule has 8 heteroatoms. The third kappa shape index (κ3) is 2.57. The van der Waals surface area contributed by atoms with E-state index in [1.165, 1.54) is 11.9 Å². The number of aromatic nitrogens is 4. The number of pyridine rings is 1. The molecule has 0 fully saturated rings. The van der Waals surface area contributed by atoms with Crippen LogP contribution in [0.4, 0.5) is 19.0 Å². The minimum atomic E-state index is -4.45. The molecule has 2 N–H and O–H groups in total. The van der Waals surface area contributed by atoms with Gasteiger partial charge in [-0.25, -0.2) is 9.97 Å². The summed E-state index contributed by atoms with van der Waals surface area (Å²) in [5.74, 6) is 0.397. The molecule has 0 saturated heterocycles. The molecule has 0 aliphatic heterocycles. The maximum atomic E-state index is 12.9. The molecule has 1 aliphatic carbocycles. The number of hydrogen-bond donors (Lipinski definition) is 2. The Morgan fingerprint density at radius 1 is 1.25 bits per heavy atom. The number of aryl methyl sites for hydroxylation is 1. The molecule has 0 radical (unpaired) electrons. The lowest BCUT2D eigenvalue weighted by molar-refractivity contribution is -0.140. The topological polar surface area (TPSA) is 66.5 Å². The van der Waals surface area contributed by atoms with Gasteiger partial charge in [-0.15, -0.1) is 0 Å². The van der Waals surface area contributed by atoms with E-state index in [4.69, 9.17) is 0 Å². The van der Waals surface area contributed by atoms with Gasteiger partial charge in [0.1, 0.15) is 23.5 Å². The van der Waals surface area contributed by atoms with E-state index in [1.807, 2.05) is 12.3 Å². The Morgan fingerprint density at radius 2 is 2.12 bits per heavy atom. The summed E-state index contributed by atoms with van der Waals surface area (Å²) in [4.78, 5) is 14.5. The van der Waals surface area contributed by atoms with Gasteiger partial charge in [-0.1, -0.05) is 0 Å². The Morgan fingerprint density at radius 3 is 2.96 bits per heavy atom. The molecule has 3 aromatic rings. The standard InChI is InChI=1S/C16H14F3N5/c17-16(18,19)13-6-10-14(21-8-22-15(10)24-13)23-12-3-1-2-9-4-5-20-7-11(9)12/h4-8,12H,1-3H2,(H2,21,22,23,24). The van der Waals surface area contributed by atoms with Crippen molar-refractivity contribution in [2.24, 2.45) is 0 Å². The van der Waals surface area contributed by atoms with E-state index in [-0.39, 0.29) is 11.7 Å². The van der Waals surface area contributed by atoms with Gasteiger partial charge in [-0.2, -0.15) is 13.2 Å². The van der Waals surface area contributed by atoms with Gasteiger partial charge >= 0.3 is 6.18 Å². The van der Waals surface area contributed by atoms with E-state index in [0.29, 0.717) is 11.2 Å². The van der Waals surface area contributed by atoms with Crippen LogP contribution in [0.15, 0.2) is 30.9 Å². The lowest BCUT2D eigenvalue weighted by Gasteiger charge is -2.26. The highest BCUT2D eigenvalue weighted by Gasteiger charge is 2.33. The number of alkyl halides is 3. The summed E-state index contributed by atoms with van der Waals surface area (Å²) in [5.41, 5.74) is 1.62. The van der Waals surface area contributed by atoms with Crippen molar-refractivity contribution in [1.82, 2.24) is 19.9 Å². The van der Waals surface area contributed by atoms with Crippen molar-refractivity contribution in [2.45, 2.75) is 31.5 Å². The van der Waals surface area contributed by atoms with Crippen LogP contribution in [0, 0.1) is 0 Å². The number of rotatable bonds is 2. The van der Waals surface area contributed by atoms with Gasteiger partial charge in [0.05, 0.1) is 11.4 Å². The van der Waals surface area contributed by atoms with E-state index >= 15 is 0 Å². The first-order valence-electron chi connectivity index (χ1n) is 7.62. The average Bonchev–Trinajstić information content (AvgIpc) is 3.01. The van der Waals surface area contributed by atoms with Crippen LogP contribution in [0.5, 0.6) is 0 Å². The smallest absolute Gasteiger partial charge is 0.363 e. The van der Waals surface area contributed by atoms with E-state index in [2.05, 4.69) is 25.3 Å². The average molecular weight is 333 g/mol. The molecule has 5 nitrogen and oxygen atoms in total. The molecular weight excluding hydrogens is 319 g/mol. The fraction of sp³-hybridized carbons (Fsp3) is 0.312. The van der Waals surface area contributed by atoms with Crippen LogP contribution in [0.3, 0.4) is 0 Å². The van der Waals surface area contributed by atoms with Crippen molar-refractivity contribution in [3.63, 3.8) is 0 Å². The van der Waals surface area contributed by atoms with E-state index in [9.17, 15) is 13.2 Å². The first kappa shape index (κ1) is 14.9.